The van der Waals surface area contributed by atoms with Crippen LogP contribution in [-0.4, -0.2) is 23.8 Å². The van der Waals surface area contributed by atoms with Gasteiger partial charge in [-0.1, -0.05) is 66.7 Å². The third-order valence-electron chi connectivity index (χ3n) is 12.3. The van der Waals surface area contributed by atoms with Crippen LogP contribution < -0.4 is 4.74 Å². The minimum Gasteiger partial charge on any atom is -0.457 e. The molecular formula is C53H37N5O. The van der Waals surface area contributed by atoms with Crippen LogP contribution in [0.4, 0.5) is 0 Å². The minimum atomic E-state index is 0.722. The van der Waals surface area contributed by atoms with Gasteiger partial charge in [0.05, 0.1) is 38.6 Å². The molecule has 0 aliphatic rings. The first-order valence-corrected chi connectivity index (χ1v) is 20.1. The van der Waals surface area contributed by atoms with Crippen molar-refractivity contribution in [1.82, 2.24) is 23.8 Å². The molecule has 0 saturated heterocycles. The number of ether oxygens (including phenoxy) is 1. The number of rotatable bonds is 4. The lowest BCUT2D eigenvalue weighted by atomic mass is 9.83. The standard InChI is InChI=1S/C53H37N5O/c1-30-12-9-13-31(2)47(30)38-25-26-45-49(50(38)48-32(3)14-10-15-33(48)4)36-23-21-34(28-39(36)52-55-41-16-5-7-18-43(41)57(45)52)59-35-22-24-37-40(29-35)53-56-42-17-6-8-19-44(42)58(53)46-20-11-27-54-51(37)46/h5-29H,1-4H3. The number of fused-ring (bicyclic) bond motifs is 16. The fraction of sp³-hybridized carbons (Fsp3) is 0.0755. The topological polar surface area (TPSA) is 56.7 Å². The predicted octanol–water partition coefficient (Wildman–Crippen LogP) is 13.7. The number of para-hydroxylation sites is 4. The first-order valence-electron chi connectivity index (χ1n) is 20.1. The predicted molar refractivity (Wildman–Crippen MR) is 243 cm³/mol. The van der Waals surface area contributed by atoms with Crippen molar-refractivity contribution in [1.29, 1.82) is 0 Å². The molecule has 7 aromatic carbocycles. The highest BCUT2D eigenvalue weighted by Crippen LogP contribution is 2.47. The molecule has 6 heteroatoms. The Morgan fingerprint density at radius 1 is 0.424 bits per heavy atom. The summed E-state index contributed by atoms with van der Waals surface area (Å²) in [4.78, 5) is 15.3. The van der Waals surface area contributed by atoms with Crippen LogP contribution in [0.25, 0.3) is 99.1 Å². The Morgan fingerprint density at radius 2 is 0.966 bits per heavy atom. The second-order valence-corrected chi connectivity index (χ2v) is 15.8. The average molecular weight is 760 g/mol. The lowest BCUT2D eigenvalue weighted by molar-refractivity contribution is 0.484. The van der Waals surface area contributed by atoms with Crippen LogP contribution in [0.1, 0.15) is 22.3 Å². The molecule has 0 aliphatic carbocycles. The number of hydrogen-bond donors (Lipinski definition) is 0. The van der Waals surface area contributed by atoms with E-state index in [0.29, 0.717) is 0 Å². The molecule has 0 spiro atoms. The van der Waals surface area contributed by atoms with E-state index in [0.717, 1.165) is 83.0 Å². The van der Waals surface area contributed by atoms with Gasteiger partial charge in [0, 0.05) is 33.3 Å². The molecule has 12 rings (SSSR count). The van der Waals surface area contributed by atoms with Crippen molar-refractivity contribution in [3.05, 3.63) is 174 Å². The smallest absolute Gasteiger partial charge is 0.146 e. The normalized spacial score (nSPS) is 12.1. The van der Waals surface area contributed by atoms with Crippen LogP contribution >= 0.6 is 0 Å². The number of imidazole rings is 2. The van der Waals surface area contributed by atoms with E-state index in [-0.39, 0.29) is 0 Å². The van der Waals surface area contributed by atoms with Gasteiger partial charge in [-0.3, -0.25) is 13.8 Å². The third-order valence-corrected chi connectivity index (χ3v) is 12.3. The monoisotopic (exact) mass is 759 g/mol. The molecule has 0 bridgehead atoms. The third kappa shape index (κ3) is 4.83. The Bertz CT molecular complexity index is 3720. The summed E-state index contributed by atoms with van der Waals surface area (Å²) in [7, 11) is 0. The molecule has 280 valence electrons. The van der Waals surface area contributed by atoms with Crippen molar-refractivity contribution >= 4 is 76.8 Å². The lowest BCUT2D eigenvalue weighted by Gasteiger charge is -2.22. The molecule has 0 unspecified atom stereocenters. The van der Waals surface area contributed by atoms with Gasteiger partial charge in [0.2, 0.25) is 0 Å². The first-order chi connectivity index (χ1) is 28.9. The number of pyridine rings is 3. The number of nitrogens with zero attached hydrogens (tertiary/aromatic N) is 5. The fourth-order valence-corrected chi connectivity index (χ4v) is 9.76. The van der Waals surface area contributed by atoms with Crippen molar-refractivity contribution in [2.24, 2.45) is 0 Å². The van der Waals surface area contributed by atoms with Crippen LogP contribution in [0, 0.1) is 27.7 Å². The fourth-order valence-electron chi connectivity index (χ4n) is 9.76. The Balaban J connectivity index is 1.14. The van der Waals surface area contributed by atoms with Crippen LogP contribution in [-0.2, 0) is 0 Å². The number of benzene rings is 7. The maximum Gasteiger partial charge on any atom is 0.146 e. The summed E-state index contributed by atoms with van der Waals surface area (Å²) in [6.07, 6.45) is 1.85. The quantitative estimate of drug-likeness (QED) is 0.168. The van der Waals surface area contributed by atoms with Gasteiger partial charge in [0.1, 0.15) is 22.8 Å². The molecule has 0 fully saturated rings. The summed E-state index contributed by atoms with van der Waals surface area (Å²) in [6.45, 7) is 8.91. The summed E-state index contributed by atoms with van der Waals surface area (Å²) in [5.41, 5.74) is 18.8. The van der Waals surface area contributed by atoms with E-state index in [1.165, 1.54) is 49.9 Å². The van der Waals surface area contributed by atoms with Gasteiger partial charge in [-0.05, 0) is 151 Å². The highest BCUT2D eigenvalue weighted by molar-refractivity contribution is 6.21. The van der Waals surface area contributed by atoms with Crippen molar-refractivity contribution < 1.29 is 4.74 Å². The SMILES string of the molecule is Cc1cccc(C)c1-c1ccc2c(c1-c1c(C)cccc1C)c1ccc(Oc3ccc4c(c3)c3nc5ccccc5n3c3cccnc43)cc1c1nc3ccccc3n21. The molecule has 12 aromatic rings. The summed E-state index contributed by atoms with van der Waals surface area (Å²) < 4.78 is 11.4. The van der Waals surface area contributed by atoms with Crippen molar-refractivity contribution in [3.63, 3.8) is 0 Å². The van der Waals surface area contributed by atoms with E-state index in [2.05, 4.69) is 164 Å². The maximum atomic E-state index is 6.85. The van der Waals surface area contributed by atoms with Gasteiger partial charge < -0.3 is 4.74 Å². The van der Waals surface area contributed by atoms with Crippen LogP contribution in [0.5, 0.6) is 11.5 Å². The summed E-state index contributed by atoms with van der Waals surface area (Å²) in [6, 6.07) is 51.4. The molecular weight excluding hydrogens is 723 g/mol. The zero-order valence-corrected chi connectivity index (χ0v) is 33.1. The Labute approximate surface area is 339 Å². The molecule has 6 nitrogen and oxygen atoms in total. The van der Waals surface area contributed by atoms with Crippen molar-refractivity contribution in [3.8, 4) is 33.8 Å². The summed E-state index contributed by atoms with van der Waals surface area (Å²) >= 11 is 0. The summed E-state index contributed by atoms with van der Waals surface area (Å²) in [5, 5.41) is 5.36. The van der Waals surface area contributed by atoms with E-state index in [1.54, 1.807) is 0 Å². The zero-order valence-electron chi connectivity index (χ0n) is 33.1. The molecule has 0 saturated carbocycles. The van der Waals surface area contributed by atoms with E-state index in [4.69, 9.17) is 19.7 Å². The Kier molecular flexibility index (Phi) is 7.09. The largest absolute Gasteiger partial charge is 0.457 e. The maximum absolute atomic E-state index is 6.85. The number of hydrogen-bond acceptors (Lipinski definition) is 4. The molecule has 0 N–H and O–H groups in total. The molecule has 59 heavy (non-hydrogen) atoms. The Hall–Kier alpha value is -7.57. The number of aromatic nitrogens is 5. The zero-order chi connectivity index (χ0) is 39.5. The van der Waals surface area contributed by atoms with Gasteiger partial charge in [-0.2, -0.15) is 0 Å². The van der Waals surface area contributed by atoms with Crippen molar-refractivity contribution in [2.45, 2.75) is 27.7 Å². The molecule has 0 aliphatic heterocycles. The van der Waals surface area contributed by atoms with Gasteiger partial charge >= 0.3 is 0 Å². The van der Waals surface area contributed by atoms with Gasteiger partial charge in [0.25, 0.3) is 0 Å². The second kappa shape index (κ2) is 12.5. The van der Waals surface area contributed by atoms with Crippen LogP contribution in [0.15, 0.2) is 152 Å². The van der Waals surface area contributed by atoms with E-state index < -0.39 is 0 Å². The van der Waals surface area contributed by atoms with E-state index >= 15 is 0 Å². The minimum absolute atomic E-state index is 0.722. The molecule has 5 heterocycles. The lowest BCUT2D eigenvalue weighted by Crippen LogP contribution is -2.00. The van der Waals surface area contributed by atoms with E-state index in [9.17, 15) is 0 Å². The van der Waals surface area contributed by atoms with Gasteiger partial charge in [-0.15, -0.1) is 0 Å². The molecule has 0 amide bonds. The number of aryl methyl sites for hydroxylation is 4. The molecule has 5 aromatic heterocycles. The van der Waals surface area contributed by atoms with Gasteiger partial charge in [0.15, 0.2) is 0 Å². The van der Waals surface area contributed by atoms with Crippen molar-refractivity contribution in [2.75, 3.05) is 0 Å². The molecule has 0 atom stereocenters. The second-order valence-electron chi connectivity index (χ2n) is 15.8. The highest BCUT2D eigenvalue weighted by atomic mass is 16.5. The van der Waals surface area contributed by atoms with E-state index in [1.807, 2.05) is 24.4 Å². The van der Waals surface area contributed by atoms with Gasteiger partial charge in [-0.25, -0.2) is 9.97 Å². The molecule has 0 radical (unpaired) electrons. The van der Waals surface area contributed by atoms with Crippen LogP contribution in [0.3, 0.4) is 0 Å². The van der Waals surface area contributed by atoms with Crippen LogP contribution in [0.2, 0.25) is 0 Å². The Morgan fingerprint density at radius 3 is 1.61 bits per heavy atom. The highest BCUT2D eigenvalue weighted by Gasteiger charge is 2.24. The average Bonchev–Trinajstić information content (AvgIpc) is 3.84. The first kappa shape index (κ1) is 33.6. The summed E-state index contributed by atoms with van der Waals surface area (Å²) in [5.74, 6) is 1.45.